The second kappa shape index (κ2) is 13.8. The fraction of sp³-hybridized carbons (Fsp3) is 0.400. The number of rotatable bonds is 11. The van der Waals surface area contributed by atoms with Crippen LogP contribution in [0.1, 0.15) is 36.1 Å². The molecular formula is C30H34N4O4. The van der Waals surface area contributed by atoms with Crippen molar-refractivity contribution in [2.75, 3.05) is 26.3 Å². The number of terminal acetylenes is 2. The zero-order chi connectivity index (χ0) is 26.7. The van der Waals surface area contributed by atoms with Gasteiger partial charge in [-0.1, -0.05) is 72.5 Å². The van der Waals surface area contributed by atoms with Crippen molar-refractivity contribution in [2.45, 2.75) is 49.2 Å². The monoisotopic (exact) mass is 514 g/mol. The van der Waals surface area contributed by atoms with Gasteiger partial charge in [0.05, 0.1) is 36.4 Å². The summed E-state index contributed by atoms with van der Waals surface area (Å²) in [7, 11) is 0. The Balaban J connectivity index is 1.54. The predicted octanol–water partition coefficient (Wildman–Crippen LogP) is 1.46. The Hall–Kier alpha value is -3.66. The van der Waals surface area contributed by atoms with Crippen molar-refractivity contribution in [3.8, 4) is 24.7 Å². The molecule has 8 heteroatoms. The van der Waals surface area contributed by atoms with Gasteiger partial charge in [-0.05, 0) is 24.0 Å². The molecule has 38 heavy (non-hydrogen) atoms. The van der Waals surface area contributed by atoms with Crippen LogP contribution in [0.2, 0.25) is 0 Å². The van der Waals surface area contributed by atoms with Gasteiger partial charge in [0.25, 0.3) is 0 Å². The highest BCUT2D eigenvalue weighted by atomic mass is 16.5. The second-order valence-electron chi connectivity index (χ2n) is 9.46. The maximum atomic E-state index is 13.4. The van der Waals surface area contributed by atoms with Gasteiger partial charge in [-0.2, -0.15) is 0 Å². The van der Waals surface area contributed by atoms with Crippen molar-refractivity contribution >= 4 is 11.8 Å². The van der Waals surface area contributed by atoms with Crippen LogP contribution in [-0.4, -0.2) is 62.4 Å². The van der Waals surface area contributed by atoms with Crippen LogP contribution in [0.3, 0.4) is 0 Å². The van der Waals surface area contributed by atoms with Gasteiger partial charge in [0.2, 0.25) is 11.8 Å². The molecule has 2 aliphatic heterocycles. The minimum atomic E-state index is -0.516. The third-order valence-electron chi connectivity index (χ3n) is 6.86. The van der Waals surface area contributed by atoms with E-state index in [1.165, 1.54) is 0 Å². The van der Waals surface area contributed by atoms with Gasteiger partial charge < -0.3 is 30.7 Å². The lowest BCUT2D eigenvalue weighted by Crippen LogP contribution is -2.49. The summed E-state index contributed by atoms with van der Waals surface area (Å²) >= 11 is 0. The first-order chi connectivity index (χ1) is 18.6. The highest BCUT2D eigenvalue weighted by Crippen LogP contribution is 2.30. The Morgan fingerprint density at radius 2 is 1.16 bits per heavy atom. The summed E-state index contributed by atoms with van der Waals surface area (Å²) in [5.74, 6) is 4.61. The van der Waals surface area contributed by atoms with Crippen molar-refractivity contribution in [1.82, 2.24) is 21.3 Å². The Morgan fingerprint density at radius 1 is 0.763 bits per heavy atom. The van der Waals surface area contributed by atoms with Crippen LogP contribution >= 0.6 is 0 Å². The van der Waals surface area contributed by atoms with E-state index in [-0.39, 0.29) is 37.2 Å². The number of benzene rings is 2. The fourth-order valence-corrected chi connectivity index (χ4v) is 4.94. The van der Waals surface area contributed by atoms with E-state index in [1.807, 2.05) is 60.7 Å². The van der Waals surface area contributed by atoms with E-state index in [2.05, 4.69) is 33.1 Å². The standard InChI is InChI=1S/C30H34N4O4/c1-3-15-37-23-17-25(31-19-23)29(35)33-27(21-11-7-5-8-12-21)28(22-13-9-6-10-14-22)34-30(36)26-18-24(20-32-26)38-16-4-2/h1-2,5-14,23-28,31-32H,15-20H2,(H,33,35)(H,34,36)/t23-,24-,25+,26+,27-,28-/m1/s1. The minimum absolute atomic E-state index is 0.125. The Bertz CT molecular complexity index is 1050. The molecule has 0 spiro atoms. The molecule has 4 N–H and O–H groups in total. The number of amides is 2. The molecule has 0 radical (unpaired) electrons. The summed E-state index contributed by atoms with van der Waals surface area (Å²) in [6, 6.07) is 17.4. The number of carbonyl (C=O) groups excluding carboxylic acids is 2. The molecule has 0 aromatic heterocycles. The maximum Gasteiger partial charge on any atom is 0.237 e. The van der Waals surface area contributed by atoms with Gasteiger partial charge in [0.1, 0.15) is 13.2 Å². The maximum absolute atomic E-state index is 13.4. The number of hydrogen-bond donors (Lipinski definition) is 4. The zero-order valence-electron chi connectivity index (χ0n) is 21.3. The molecule has 0 aliphatic carbocycles. The quantitative estimate of drug-likeness (QED) is 0.339. The summed E-state index contributed by atoms with van der Waals surface area (Å²) in [6.07, 6.45) is 11.4. The third-order valence-corrected chi connectivity index (χ3v) is 6.86. The van der Waals surface area contributed by atoms with Crippen LogP contribution in [0.25, 0.3) is 0 Å². The largest absolute Gasteiger partial charge is 0.364 e. The minimum Gasteiger partial charge on any atom is -0.364 e. The van der Waals surface area contributed by atoms with Crippen LogP contribution in [0.5, 0.6) is 0 Å². The summed E-state index contributed by atoms with van der Waals surface area (Å²) in [4.78, 5) is 26.9. The first-order valence-electron chi connectivity index (χ1n) is 12.9. The van der Waals surface area contributed by atoms with E-state index >= 15 is 0 Å². The summed E-state index contributed by atoms with van der Waals surface area (Å²) < 4.78 is 11.2. The van der Waals surface area contributed by atoms with E-state index in [0.29, 0.717) is 25.9 Å². The fourth-order valence-electron chi connectivity index (χ4n) is 4.94. The van der Waals surface area contributed by atoms with Gasteiger partial charge >= 0.3 is 0 Å². The molecule has 2 fully saturated rings. The summed E-state index contributed by atoms with van der Waals surface area (Å²) in [5, 5.41) is 12.9. The van der Waals surface area contributed by atoms with Crippen molar-refractivity contribution < 1.29 is 19.1 Å². The average molecular weight is 515 g/mol. The normalized spacial score (nSPS) is 24.1. The second-order valence-corrected chi connectivity index (χ2v) is 9.46. The van der Waals surface area contributed by atoms with E-state index in [9.17, 15) is 9.59 Å². The number of ether oxygens (including phenoxy) is 2. The lowest BCUT2D eigenvalue weighted by atomic mass is 9.92. The SMILES string of the molecule is C#CCO[C@H]1CN[C@H](C(=O)N[C@H](c2ccccc2)[C@H](NC(=O)[C@@H]2C[C@@H](OCC#C)CN2)c2ccccc2)C1. The number of nitrogens with one attached hydrogen (secondary N) is 4. The smallest absolute Gasteiger partial charge is 0.237 e. The van der Waals surface area contributed by atoms with Crippen molar-refractivity contribution in [2.24, 2.45) is 0 Å². The lowest BCUT2D eigenvalue weighted by molar-refractivity contribution is -0.126. The van der Waals surface area contributed by atoms with Crippen LogP contribution in [-0.2, 0) is 19.1 Å². The molecule has 2 aliphatic rings. The van der Waals surface area contributed by atoms with E-state index in [4.69, 9.17) is 22.3 Å². The lowest BCUT2D eigenvalue weighted by Gasteiger charge is -2.31. The Labute approximate surface area is 224 Å². The number of hydrogen-bond acceptors (Lipinski definition) is 6. The Morgan fingerprint density at radius 3 is 1.53 bits per heavy atom. The van der Waals surface area contributed by atoms with Gasteiger partial charge in [-0.15, -0.1) is 12.8 Å². The van der Waals surface area contributed by atoms with Gasteiger partial charge in [0, 0.05) is 13.1 Å². The molecule has 2 saturated heterocycles. The molecule has 4 rings (SSSR count). The van der Waals surface area contributed by atoms with Gasteiger partial charge in [-0.3, -0.25) is 9.59 Å². The topological polar surface area (TPSA) is 101 Å². The van der Waals surface area contributed by atoms with E-state index < -0.39 is 24.2 Å². The molecule has 8 nitrogen and oxygen atoms in total. The molecule has 0 bridgehead atoms. The first kappa shape index (κ1) is 27.4. The zero-order valence-corrected chi connectivity index (χ0v) is 21.3. The van der Waals surface area contributed by atoms with Crippen molar-refractivity contribution in [1.29, 1.82) is 0 Å². The molecular weight excluding hydrogens is 480 g/mol. The third kappa shape index (κ3) is 7.22. The van der Waals surface area contributed by atoms with Crippen LogP contribution in [0, 0.1) is 24.7 Å². The molecule has 2 aromatic carbocycles. The molecule has 2 amide bonds. The molecule has 198 valence electrons. The van der Waals surface area contributed by atoms with Crippen LogP contribution in [0.15, 0.2) is 60.7 Å². The Kier molecular flexibility index (Phi) is 9.91. The molecule has 2 aromatic rings. The molecule has 0 unspecified atom stereocenters. The van der Waals surface area contributed by atoms with Crippen molar-refractivity contribution in [3.63, 3.8) is 0 Å². The van der Waals surface area contributed by atoms with Crippen LogP contribution in [0.4, 0.5) is 0 Å². The van der Waals surface area contributed by atoms with Gasteiger partial charge in [-0.25, -0.2) is 0 Å². The first-order valence-corrected chi connectivity index (χ1v) is 12.9. The number of carbonyl (C=O) groups is 2. The predicted molar refractivity (Wildman–Crippen MR) is 145 cm³/mol. The molecule has 2 heterocycles. The average Bonchev–Trinajstić information content (AvgIpc) is 3.63. The van der Waals surface area contributed by atoms with Gasteiger partial charge in [0.15, 0.2) is 0 Å². The van der Waals surface area contributed by atoms with E-state index in [0.717, 1.165) is 11.1 Å². The highest BCUT2D eigenvalue weighted by molar-refractivity contribution is 5.84. The highest BCUT2D eigenvalue weighted by Gasteiger charge is 2.36. The summed E-state index contributed by atoms with van der Waals surface area (Å²) in [6.45, 7) is 1.51. The molecule has 0 saturated carbocycles. The van der Waals surface area contributed by atoms with Crippen LogP contribution < -0.4 is 21.3 Å². The van der Waals surface area contributed by atoms with E-state index in [1.54, 1.807) is 0 Å². The van der Waals surface area contributed by atoms with Crippen molar-refractivity contribution in [3.05, 3.63) is 71.8 Å². The summed E-state index contributed by atoms with van der Waals surface area (Å²) in [5.41, 5.74) is 1.76. The molecule has 6 atom stereocenters.